The summed E-state index contributed by atoms with van der Waals surface area (Å²) in [6, 6.07) is 10.2. The van der Waals surface area contributed by atoms with Crippen LogP contribution in [-0.4, -0.2) is 0 Å². The van der Waals surface area contributed by atoms with Crippen LogP contribution in [0.1, 0.15) is 41.2 Å². The molecule has 1 unspecified atom stereocenters. The Morgan fingerprint density at radius 3 is 2.29 bits per heavy atom. The Kier molecular flexibility index (Phi) is 3.34. The van der Waals surface area contributed by atoms with Gasteiger partial charge in [0.15, 0.2) is 0 Å². The molecule has 90 valence electrons. The van der Waals surface area contributed by atoms with Gasteiger partial charge in [-0.15, -0.1) is 0 Å². The summed E-state index contributed by atoms with van der Waals surface area (Å²) in [5.41, 5.74) is 9.81. The van der Waals surface area contributed by atoms with E-state index in [0.29, 0.717) is 0 Å². The van der Waals surface area contributed by atoms with E-state index < -0.39 is 0 Å². The maximum absolute atomic E-state index is 6.23. The molecule has 17 heavy (non-hydrogen) atoms. The third-order valence-electron chi connectivity index (χ3n) is 2.94. The molecule has 0 radical (unpaired) electrons. The van der Waals surface area contributed by atoms with Crippen LogP contribution in [0.3, 0.4) is 0 Å². The molecule has 0 bridgehead atoms. The SMILES string of the molecule is CCc1ccc(C(N)c2cc(C)cc(C)c2)o1. The highest BCUT2D eigenvalue weighted by Crippen LogP contribution is 2.23. The topological polar surface area (TPSA) is 39.2 Å². The minimum absolute atomic E-state index is 0.172. The molecule has 1 aromatic carbocycles. The molecule has 1 heterocycles. The summed E-state index contributed by atoms with van der Waals surface area (Å²) < 4.78 is 5.70. The van der Waals surface area contributed by atoms with Crippen LogP contribution in [0.4, 0.5) is 0 Å². The highest BCUT2D eigenvalue weighted by molar-refractivity contribution is 5.34. The van der Waals surface area contributed by atoms with Crippen molar-refractivity contribution < 1.29 is 4.42 Å². The van der Waals surface area contributed by atoms with E-state index in [0.717, 1.165) is 23.5 Å². The molecule has 0 saturated carbocycles. The predicted octanol–water partition coefficient (Wildman–Crippen LogP) is 3.51. The maximum Gasteiger partial charge on any atom is 0.125 e. The maximum atomic E-state index is 6.23. The van der Waals surface area contributed by atoms with Crippen molar-refractivity contribution in [2.45, 2.75) is 33.2 Å². The molecule has 1 aromatic heterocycles. The fourth-order valence-electron chi connectivity index (χ4n) is 2.11. The predicted molar refractivity (Wildman–Crippen MR) is 70.0 cm³/mol. The van der Waals surface area contributed by atoms with E-state index >= 15 is 0 Å². The van der Waals surface area contributed by atoms with Gasteiger partial charge in [0.25, 0.3) is 0 Å². The summed E-state index contributed by atoms with van der Waals surface area (Å²) in [4.78, 5) is 0. The van der Waals surface area contributed by atoms with E-state index in [1.807, 2.05) is 12.1 Å². The summed E-state index contributed by atoms with van der Waals surface area (Å²) in [6.07, 6.45) is 0.902. The lowest BCUT2D eigenvalue weighted by Crippen LogP contribution is -2.11. The van der Waals surface area contributed by atoms with E-state index in [2.05, 4.69) is 39.0 Å². The average Bonchev–Trinajstić information content (AvgIpc) is 2.75. The van der Waals surface area contributed by atoms with Crippen molar-refractivity contribution in [1.29, 1.82) is 0 Å². The Hall–Kier alpha value is -1.54. The lowest BCUT2D eigenvalue weighted by Gasteiger charge is -2.11. The first-order chi connectivity index (χ1) is 8.10. The molecule has 0 aliphatic carbocycles. The van der Waals surface area contributed by atoms with Crippen molar-refractivity contribution in [1.82, 2.24) is 0 Å². The molecule has 2 N–H and O–H groups in total. The number of nitrogens with two attached hydrogens (primary N) is 1. The van der Waals surface area contributed by atoms with Crippen molar-refractivity contribution in [2.24, 2.45) is 5.73 Å². The number of hydrogen-bond donors (Lipinski definition) is 1. The summed E-state index contributed by atoms with van der Waals surface area (Å²) in [5, 5.41) is 0. The molecule has 2 aromatic rings. The van der Waals surface area contributed by atoms with Crippen molar-refractivity contribution >= 4 is 0 Å². The van der Waals surface area contributed by atoms with Crippen LogP contribution in [0.2, 0.25) is 0 Å². The van der Waals surface area contributed by atoms with Crippen LogP contribution >= 0.6 is 0 Å². The van der Waals surface area contributed by atoms with Crippen molar-refractivity contribution in [3.8, 4) is 0 Å². The first kappa shape index (κ1) is 11.9. The van der Waals surface area contributed by atoms with Gasteiger partial charge in [0.2, 0.25) is 0 Å². The molecule has 1 atom stereocenters. The van der Waals surface area contributed by atoms with Gasteiger partial charge in [-0.3, -0.25) is 0 Å². The van der Waals surface area contributed by atoms with Gasteiger partial charge in [0, 0.05) is 6.42 Å². The van der Waals surface area contributed by atoms with Crippen LogP contribution in [0, 0.1) is 13.8 Å². The molecule has 0 saturated heterocycles. The minimum atomic E-state index is -0.172. The molecule has 0 aliphatic heterocycles. The molecule has 0 amide bonds. The van der Waals surface area contributed by atoms with E-state index in [9.17, 15) is 0 Å². The second-order valence-corrected chi connectivity index (χ2v) is 4.56. The normalized spacial score (nSPS) is 12.7. The quantitative estimate of drug-likeness (QED) is 0.874. The molecular formula is C15H19NO. The van der Waals surface area contributed by atoms with Gasteiger partial charge in [-0.1, -0.05) is 36.2 Å². The number of rotatable bonds is 3. The van der Waals surface area contributed by atoms with Crippen molar-refractivity contribution in [3.63, 3.8) is 0 Å². The summed E-state index contributed by atoms with van der Waals surface area (Å²) in [5.74, 6) is 1.83. The van der Waals surface area contributed by atoms with Gasteiger partial charge >= 0.3 is 0 Å². The lowest BCUT2D eigenvalue weighted by atomic mass is 10.0. The van der Waals surface area contributed by atoms with Crippen LogP contribution in [0.5, 0.6) is 0 Å². The largest absolute Gasteiger partial charge is 0.464 e. The Bertz CT molecular complexity index is 493. The Morgan fingerprint density at radius 2 is 1.76 bits per heavy atom. The van der Waals surface area contributed by atoms with Crippen LogP contribution in [0.25, 0.3) is 0 Å². The molecule has 2 rings (SSSR count). The van der Waals surface area contributed by atoms with Crippen LogP contribution < -0.4 is 5.73 Å². The first-order valence-corrected chi connectivity index (χ1v) is 6.02. The highest BCUT2D eigenvalue weighted by atomic mass is 16.3. The number of aryl methyl sites for hydroxylation is 3. The number of furan rings is 1. The zero-order chi connectivity index (χ0) is 12.4. The number of benzene rings is 1. The van der Waals surface area contributed by atoms with Crippen LogP contribution in [0.15, 0.2) is 34.7 Å². The van der Waals surface area contributed by atoms with Gasteiger partial charge in [0.1, 0.15) is 11.5 Å². The molecule has 2 heteroatoms. The third-order valence-corrected chi connectivity index (χ3v) is 2.94. The standard InChI is InChI=1S/C15H19NO/c1-4-13-5-6-14(17-13)15(16)12-8-10(2)7-11(3)9-12/h5-9,15H,4,16H2,1-3H3. The summed E-state index contributed by atoms with van der Waals surface area (Å²) in [6.45, 7) is 6.25. The lowest BCUT2D eigenvalue weighted by molar-refractivity contribution is 0.454. The molecular weight excluding hydrogens is 210 g/mol. The summed E-state index contributed by atoms with van der Waals surface area (Å²) >= 11 is 0. The minimum Gasteiger partial charge on any atom is -0.464 e. The number of hydrogen-bond acceptors (Lipinski definition) is 2. The van der Waals surface area contributed by atoms with Gasteiger partial charge in [-0.05, 0) is 31.5 Å². The monoisotopic (exact) mass is 229 g/mol. The van der Waals surface area contributed by atoms with Gasteiger partial charge < -0.3 is 10.2 Å². The second kappa shape index (κ2) is 4.76. The molecule has 0 spiro atoms. The Balaban J connectivity index is 2.32. The smallest absolute Gasteiger partial charge is 0.125 e. The van der Waals surface area contributed by atoms with Crippen molar-refractivity contribution in [2.75, 3.05) is 0 Å². The summed E-state index contributed by atoms with van der Waals surface area (Å²) in [7, 11) is 0. The van der Waals surface area contributed by atoms with Gasteiger partial charge in [0.05, 0.1) is 6.04 Å². The fourth-order valence-corrected chi connectivity index (χ4v) is 2.11. The van der Waals surface area contributed by atoms with Crippen LogP contribution in [-0.2, 0) is 6.42 Å². The van der Waals surface area contributed by atoms with E-state index in [1.165, 1.54) is 11.1 Å². The molecule has 0 fully saturated rings. The van der Waals surface area contributed by atoms with E-state index in [1.54, 1.807) is 0 Å². The van der Waals surface area contributed by atoms with Gasteiger partial charge in [-0.25, -0.2) is 0 Å². The zero-order valence-electron chi connectivity index (χ0n) is 10.7. The second-order valence-electron chi connectivity index (χ2n) is 4.56. The molecule has 2 nitrogen and oxygen atoms in total. The molecule has 0 aliphatic rings. The highest BCUT2D eigenvalue weighted by Gasteiger charge is 2.13. The average molecular weight is 229 g/mol. The zero-order valence-corrected chi connectivity index (χ0v) is 10.7. The van der Waals surface area contributed by atoms with E-state index in [-0.39, 0.29) is 6.04 Å². The Morgan fingerprint density at radius 1 is 1.12 bits per heavy atom. The Labute approximate surface area is 102 Å². The third kappa shape index (κ3) is 2.59. The van der Waals surface area contributed by atoms with E-state index in [4.69, 9.17) is 10.2 Å². The van der Waals surface area contributed by atoms with Gasteiger partial charge in [-0.2, -0.15) is 0 Å². The fraction of sp³-hybridized carbons (Fsp3) is 0.333. The van der Waals surface area contributed by atoms with Crippen molar-refractivity contribution in [3.05, 3.63) is 58.5 Å². The first-order valence-electron chi connectivity index (χ1n) is 6.02.